The van der Waals surface area contributed by atoms with Crippen LogP contribution in [0.25, 0.3) is 0 Å². The Morgan fingerprint density at radius 3 is 2.57 bits per heavy atom. The van der Waals surface area contributed by atoms with Gasteiger partial charge in [-0.2, -0.15) is 0 Å². The minimum absolute atomic E-state index is 0.389. The van der Waals surface area contributed by atoms with Crippen molar-refractivity contribution >= 4 is 11.6 Å². The van der Waals surface area contributed by atoms with Crippen LogP contribution < -0.4 is 16.2 Å². The van der Waals surface area contributed by atoms with Gasteiger partial charge in [-0.05, 0) is 18.1 Å². The molecule has 2 aromatic rings. The maximum atomic E-state index is 5.50. The number of benzene rings is 1. The zero-order valence-electron chi connectivity index (χ0n) is 12.0. The summed E-state index contributed by atoms with van der Waals surface area (Å²) in [7, 11) is 0. The van der Waals surface area contributed by atoms with Gasteiger partial charge in [0.1, 0.15) is 18.2 Å². The Hall–Kier alpha value is -2.18. The molecule has 2 heterocycles. The number of hydrogen-bond acceptors (Lipinski definition) is 6. The van der Waals surface area contributed by atoms with E-state index in [1.807, 2.05) is 13.0 Å². The molecular weight excluding hydrogens is 266 g/mol. The van der Waals surface area contributed by atoms with Crippen LogP contribution in [0, 0.1) is 0 Å². The van der Waals surface area contributed by atoms with Gasteiger partial charge in [0, 0.05) is 25.8 Å². The zero-order chi connectivity index (χ0) is 14.7. The van der Waals surface area contributed by atoms with Crippen molar-refractivity contribution in [3.8, 4) is 0 Å². The van der Waals surface area contributed by atoms with Crippen molar-refractivity contribution < 1.29 is 4.74 Å². The first-order valence-electron chi connectivity index (χ1n) is 7.04. The first-order valence-corrected chi connectivity index (χ1v) is 7.04. The summed E-state index contributed by atoms with van der Waals surface area (Å²) in [6.45, 7) is 4.67. The van der Waals surface area contributed by atoms with Crippen LogP contribution in [0.3, 0.4) is 0 Å². The van der Waals surface area contributed by atoms with E-state index >= 15 is 0 Å². The minimum Gasteiger partial charge on any atom is -0.374 e. The number of nitrogens with two attached hydrogens (primary N) is 1. The van der Waals surface area contributed by atoms with Crippen molar-refractivity contribution in [1.82, 2.24) is 9.97 Å². The quantitative estimate of drug-likeness (QED) is 0.644. The molecule has 0 saturated heterocycles. The summed E-state index contributed by atoms with van der Waals surface area (Å²) in [6.07, 6.45) is 0. The van der Waals surface area contributed by atoms with Gasteiger partial charge in [-0.1, -0.05) is 24.3 Å². The smallest absolute Gasteiger partial charge is 0.158 e. The van der Waals surface area contributed by atoms with Gasteiger partial charge in [0.15, 0.2) is 5.82 Å². The molecule has 0 aliphatic carbocycles. The van der Waals surface area contributed by atoms with Gasteiger partial charge in [0.25, 0.3) is 0 Å². The maximum Gasteiger partial charge on any atom is 0.158 e. The Kier molecular flexibility index (Phi) is 3.98. The summed E-state index contributed by atoms with van der Waals surface area (Å²) < 4.78 is 5.39. The molecule has 1 aromatic carbocycles. The number of nitrogens with zero attached hydrogens (tertiary/aromatic N) is 3. The van der Waals surface area contributed by atoms with Crippen molar-refractivity contribution in [2.24, 2.45) is 5.84 Å². The maximum absolute atomic E-state index is 5.50. The van der Waals surface area contributed by atoms with Crippen LogP contribution in [0.2, 0.25) is 0 Å². The molecular formula is C15H19N5O. The van der Waals surface area contributed by atoms with Gasteiger partial charge < -0.3 is 15.1 Å². The van der Waals surface area contributed by atoms with E-state index in [-0.39, 0.29) is 0 Å². The number of nitrogens with one attached hydrogen (secondary N) is 1. The summed E-state index contributed by atoms with van der Waals surface area (Å²) in [5.74, 6) is 7.60. The summed E-state index contributed by atoms with van der Waals surface area (Å²) in [5, 5.41) is 0. The molecule has 0 atom stereocenters. The highest BCUT2D eigenvalue weighted by Gasteiger charge is 2.20. The molecule has 1 aliphatic rings. The Balaban J connectivity index is 1.85. The summed E-state index contributed by atoms with van der Waals surface area (Å²) in [5.41, 5.74) is 5.27. The van der Waals surface area contributed by atoms with E-state index in [1.165, 1.54) is 11.1 Å². The number of anilines is 2. The van der Waals surface area contributed by atoms with Crippen LogP contribution >= 0.6 is 0 Å². The van der Waals surface area contributed by atoms with Crippen molar-refractivity contribution in [2.75, 3.05) is 16.9 Å². The van der Waals surface area contributed by atoms with E-state index in [0.29, 0.717) is 24.9 Å². The molecule has 0 fully saturated rings. The minimum atomic E-state index is 0.389. The van der Waals surface area contributed by atoms with Crippen LogP contribution in [0.1, 0.15) is 23.9 Å². The first kappa shape index (κ1) is 13.8. The molecule has 0 radical (unpaired) electrons. The Labute approximate surface area is 123 Å². The number of hydrazine groups is 1. The molecule has 0 unspecified atom stereocenters. The molecule has 0 saturated carbocycles. The predicted octanol–water partition coefficient (Wildman–Crippen LogP) is 1.82. The first-order chi connectivity index (χ1) is 10.3. The summed E-state index contributed by atoms with van der Waals surface area (Å²) in [4.78, 5) is 11.1. The van der Waals surface area contributed by atoms with Gasteiger partial charge in [0.2, 0.25) is 0 Å². The lowest BCUT2D eigenvalue weighted by Crippen LogP contribution is -2.19. The highest BCUT2D eigenvalue weighted by atomic mass is 16.5. The number of rotatable bonds is 5. The van der Waals surface area contributed by atoms with Crippen molar-refractivity contribution in [1.29, 1.82) is 0 Å². The standard InChI is InChI=1S/C15H19N5O/c1-2-21-10-14-17-13(19-16)7-15(18-14)20-8-11-5-3-4-6-12(11)9-20/h3-7H,2,8-10,16H2,1H3,(H,17,18,19). The van der Waals surface area contributed by atoms with E-state index in [2.05, 4.69) is 44.6 Å². The Bertz CT molecular complexity index is 606. The summed E-state index contributed by atoms with van der Waals surface area (Å²) >= 11 is 0. The fourth-order valence-corrected chi connectivity index (χ4v) is 2.47. The molecule has 1 aromatic heterocycles. The molecule has 110 valence electrons. The average molecular weight is 285 g/mol. The number of fused-ring (bicyclic) bond motifs is 1. The van der Waals surface area contributed by atoms with E-state index in [4.69, 9.17) is 10.6 Å². The van der Waals surface area contributed by atoms with E-state index in [1.54, 1.807) is 0 Å². The SMILES string of the molecule is CCOCc1nc(NN)cc(N2Cc3ccccc3C2)n1. The fourth-order valence-electron chi connectivity index (χ4n) is 2.47. The number of hydrogen-bond donors (Lipinski definition) is 2. The number of nitrogen functional groups attached to an aromatic ring is 1. The highest BCUT2D eigenvalue weighted by Crippen LogP contribution is 2.27. The lowest BCUT2D eigenvalue weighted by molar-refractivity contribution is 0.128. The molecule has 3 rings (SSSR count). The molecule has 6 nitrogen and oxygen atoms in total. The monoisotopic (exact) mass is 285 g/mol. The second kappa shape index (κ2) is 6.07. The Morgan fingerprint density at radius 1 is 1.24 bits per heavy atom. The largest absolute Gasteiger partial charge is 0.374 e. The summed E-state index contributed by atoms with van der Waals surface area (Å²) in [6, 6.07) is 10.3. The van der Waals surface area contributed by atoms with E-state index in [0.717, 1.165) is 18.9 Å². The molecule has 6 heteroatoms. The second-order valence-electron chi connectivity index (χ2n) is 4.93. The second-order valence-corrected chi connectivity index (χ2v) is 4.93. The third-order valence-corrected chi connectivity index (χ3v) is 3.51. The molecule has 0 spiro atoms. The molecule has 0 bridgehead atoms. The van der Waals surface area contributed by atoms with Gasteiger partial charge >= 0.3 is 0 Å². The van der Waals surface area contributed by atoms with E-state index < -0.39 is 0 Å². The highest BCUT2D eigenvalue weighted by molar-refractivity contribution is 5.52. The zero-order valence-corrected chi connectivity index (χ0v) is 12.0. The lowest BCUT2D eigenvalue weighted by atomic mass is 10.1. The molecule has 3 N–H and O–H groups in total. The van der Waals surface area contributed by atoms with Crippen molar-refractivity contribution in [2.45, 2.75) is 26.6 Å². The Morgan fingerprint density at radius 2 is 1.95 bits per heavy atom. The third-order valence-electron chi connectivity index (χ3n) is 3.51. The van der Waals surface area contributed by atoms with E-state index in [9.17, 15) is 0 Å². The van der Waals surface area contributed by atoms with Crippen molar-refractivity contribution in [3.05, 3.63) is 47.3 Å². The van der Waals surface area contributed by atoms with Crippen LogP contribution in [-0.4, -0.2) is 16.6 Å². The van der Waals surface area contributed by atoms with Gasteiger partial charge in [-0.15, -0.1) is 0 Å². The van der Waals surface area contributed by atoms with Gasteiger partial charge in [0.05, 0.1) is 0 Å². The molecule has 0 amide bonds. The average Bonchev–Trinajstić information content (AvgIpc) is 2.96. The van der Waals surface area contributed by atoms with Gasteiger partial charge in [-0.3, -0.25) is 0 Å². The number of aromatic nitrogens is 2. The van der Waals surface area contributed by atoms with Crippen LogP contribution in [0.5, 0.6) is 0 Å². The fraction of sp³-hybridized carbons (Fsp3) is 0.333. The normalized spacial score (nSPS) is 13.3. The van der Waals surface area contributed by atoms with Crippen LogP contribution in [0.15, 0.2) is 30.3 Å². The molecule has 21 heavy (non-hydrogen) atoms. The molecule has 1 aliphatic heterocycles. The van der Waals surface area contributed by atoms with Crippen LogP contribution in [0.4, 0.5) is 11.6 Å². The van der Waals surface area contributed by atoms with Crippen molar-refractivity contribution in [3.63, 3.8) is 0 Å². The van der Waals surface area contributed by atoms with Crippen LogP contribution in [-0.2, 0) is 24.4 Å². The predicted molar refractivity (Wildman–Crippen MR) is 81.5 cm³/mol. The lowest BCUT2D eigenvalue weighted by Gasteiger charge is -2.18. The topological polar surface area (TPSA) is 76.3 Å². The third kappa shape index (κ3) is 2.96. The number of ether oxygens (including phenoxy) is 1. The van der Waals surface area contributed by atoms with Gasteiger partial charge in [-0.25, -0.2) is 15.8 Å².